The number of carboxylic acids is 1. The molecular weight excluding hydrogens is 394 g/mol. The molecule has 0 spiro atoms. The van der Waals surface area contributed by atoms with Gasteiger partial charge in [0.1, 0.15) is 11.8 Å². The molecule has 3 aromatic carbocycles. The highest BCUT2D eigenvalue weighted by Gasteiger charge is 2.32. The summed E-state index contributed by atoms with van der Waals surface area (Å²) in [5.41, 5.74) is 4.08. The third kappa shape index (κ3) is 4.02. The van der Waals surface area contributed by atoms with Crippen molar-refractivity contribution in [2.24, 2.45) is 0 Å². The van der Waals surface area contributed by atoms with Crippen LogP contribution >= 0.6 is 23.5 Å². The van der Waals surface area contributed by atoms with Crippen LogP contribution in [0.1, 0.15) is 11.1 Å². The molecule has 0 aliphatic carbocycles. The summed E-state index contributed by atoms with van der Waals surface area (Å²) in [7, 11) is 0. The van der Waals surface area contributed by atoms with Gasteiger partial charge in [-0.2, -0.15) is 0 Å². The summed E-state index contributed by atoms with van der Waals surface area (Å²) in [5, 5.41) is 20.1. The fourth-order valence-electron chi connectivity index (χ4n) is 3.34. The van der Waals surface area contributed by atoms with Crippen LogP contribution in [-0.2, 0) is 17.8 Å². The average molecular weight is 412 g/mol. The monoisotopic (exact) mass is 411 g/mol. The molecule has 0 saturated heterocycles. The minimum atomic E-state index is -0.844. The molecule has 1 aliphatic heterocycles. The second kappa shape index (κ2) is 7.87. The number of carboxylic acid groups (broad SMARTS) is 1. The molecule has 4 nitrogen and oxygen atoms in total. The molecule has 0 bridgehead atoms. The van der Waals surface area contributed by atoms with Crippen LogP contribution < -0.4 is 0 Å². The first kappa shape index (κ1) is 18.9. The van der Waals surface area contributed by atoms with E-state index in [1.165, 1.54) is 11.9 Å². The van der Waals surface area contributed by atoms with Crippen LogP contribution in [0.4, 0.5) is 0 Å². The summed E-state index contributed by atoms with van der Waals surface area (Å²) in [4.78, 5) is 12.7. The van der Waals surface area contributed by atoms with Crippen LogP contribution in [0.15, 0.2) is 71.6 Å². The van der Waals surface area contributed by atoms with Gasteiger partial charge < -0.3 is 10.2 Å². The van der Waals surface area contributed by atoms with E-state index < -0.39 is 12.0 Å². The first-order valence-corrected chi connectivity index (χ1v) is 9.99. The zero-order chi connectivity index (χ0) is 19.7. The molecule has 1 aliphatic rings. The Kier molecular flexibility index (Phi) is 5.31. The zero-order valence-electron chi connectivity index (χ0n) is 14.9. The molecule has 6 heteroatoms. The first-order chi connectivity index (χ1) is 13.5. The lowest BCUT2D eigenvalue weighted by atomic mass is 9.95. The Bertz CT molecular complexity index is 1010. The molecule has 0 aromatic heterocycles. The van der Waals surface area contributed by atoms with E-state index in [0.717, 1.165) is 27.1 Å². The lowest BCUT2D eigenvalue weighted by Crippen LogP contribution is -2.41. The number of aromatic hydroxyl groups is 1. The van der Waals surface area contributed by atoms with Crippen LogP contribution in [0.25, 0.3) is 11.1 Å². The van der Waals surface area contributed by atoms with E-state index in [2.05, 4.69) is 0 Å². The molecule has 0 unspecified atom stereocenters. The predicted molar refractivity (Wildman–Crippen MR) is 112 cm³/mol. The molecule has 2 N–H and O–H groups in total. The minimum Gasteiger partial charge on any atom is -0.508 e. The van der Waals surface area contributed by atoms with E-state index >= 15 is 0 Å². The SMILES string of the molecule is O=C(O)[C@@H]1Cc2ccc(O)cc2CN1Sc1ccc(-c2ccc(Cl)cc2)cc1. The van der Waals surface area contributed by atoms with Crippen LogP contribution in [0.2, 0.25) is 5.02 Å². The Morgan fingerprint density at radius 3 is 2.25 bits per heavy atom. The largest absolute Gasteiger partial charge is 0.508 e. The Balaban J connectivity index is 1.55. The molecule has 0 amide bonds. The van der Waals surface area contributed by atoms with Crippen molar-refractivity contribution in [3.63, 3.8) is 0 Å². The maximum absolute atomic E-state index is 11.8. The van der Waals surface area contributed by atoms with Crippen LogP contribution in [0, 0.1) is 0 Å². The Morgan fingerprint density at radius 2 is 1.61 bits per heavy atom. The molecule has 0 fully saturated rings. The number of rotatable bonds is 4. The summed E-state index contributed by atoms with van der Waals surface area (Å²) in [6, 6.07) is 20.2. The molecule has 4 rings (SSSR count). The van der Waals surface area contributed by atoms with Crippen molar-refractivity contribution >= 4 is 29.5 Å². The first-order valence-electron chi connectivity index (χ1n) is 8.84. The number of nitrogens with zero attached hydrogens (tertiary/aromatic N) is 1. The quantitative estimate of drug-likeness (QED) is 0.575. The molecule has 142 valence electrons. The van der Waals surface area contributed by atoms with Crippen molar-refractivity contribution in [1.29, 1.82) is 0 Å². The van der Waals surface area contributed by atoms with E-state index in [9.17, 15) is 15.0 Å². The van der Waals surface area contributed by atoms with Crippen molar-refractivity contribution in [3.05, 3.63) is 82.9 Å². The standard InChI is InChI=1S/C22H18ClNO3S/c23-18-6-1-14(2-7-18)15-4-9-20(10-5-15)28-24-13-17-11-19(25)8-3-16(17)12-21(24)22(26)27/h1-11,21,25H,12-13H2,(H,26,27)/t21-/m0/s1. The molecule has 0 saturated carbocycles. The smallest absolute Gasteiger partial charge is 0.322 e. The minimum absolute atomic E-state index is 0.199. The normalized spacial score (nSPS) is 16.5. The van der Waals surface area contributed by atoms with Gasteiger partial charge in [-0.3, -0.25) is 4.79 Å². The highest BCUT2D eigenvalue weighted by molar-refractivity contribution is 7.97. The molecule has 0 radical (unpaired) electrons. The molecule has 3 aromatic rings. The maximum atomic E-state index is 11.8. The van der Waals surface area contributed by atoms with Gasteiger partial charge in [-0.15, -0.1) is 0 Å². The van der Waals surface area contributed by atoms with Gasteiger partial charge in [-0.1, -0.05) is 41.9 Å². The molecule has 28 heavy (non-hydrogen) atoms. The highest BCUT2D eigenvalue weighted by atomic mass is 35.5. The number of hydrogen-bond donors (Lipinski definition) is 2. The summed E-state index contributed by atoms with van der Waals surface area (Å²) >= 11 is 7.37. The fourth-order valence-corrected chi connectivity index (χ4v) is 4.49. The Hall–Kier alpha value is -2.47. The lowest BCUT2D eigenvalue weighted by molar-refractivity contribution is -0.141. The van der Waals surface area contributed by atoms with Crippen molar-refractivity contribution in [1.82, 2.24) is 4.31 Å². The Morgan fingerprint density at radius 1 is 0.964 bits per heavy atom. The number of halogens is 1. The van der Waals surface area contributed by atoms with Crippen LogP contribution in [0.5, 0.6) is 5.75 Å². The van der Waals surface area contributed by atoms with Gasteiger partial charge in [0.25, 0.3) is 0 Å². The number of fused-ring (bicyclic) bond motifs is 1. The van der Waals surface area contributed by atoms with Gasteiger partial charge in [0.05, 0.1) is 0 Å². The van der Waals surface area contributed by atoms with Crippen molar-refractivity contribution in [2.75, 3.05) is 0 Å². The van der Waals surface area contributed by atoms with E-state index in [4.69, 9.17) is 11.6 Å². The number of carbonyl (C=O) groups is 1. The third-order valence-electron chi connectivity index (χ3n) is 4.82. The average Bonchev–Trinajstić information content (AvgIpc) is 2.68. The van der Waals surface area contributed by atoms with E-state index in [1.807, 2.05) is 58.9 Å². The van der Waals surface area contributed by atoms with E-state index in [0.29, 0.717) is 18.0 Å². The molecule has 1 atom stereocenters. The van der Waals surface area contributed by atoms with Crippen molar-refractivity contribution in [2.45, 2.75) is 23.9 Å². The van der Waals surface area contributed by atoms with Gasteiger partial charge in [0.15, 0.2) is 0 Å². The fraction of sp³-hybridized carbons (Fsp3) is 0.136. The number of phenols is 1. The van der Waals surface area contributed by atoms with Crippen molar-refractivity contribution < 1.29 is 15.0 Å². The number of benzene rings is 3. The Labute approximate surface area is 172 Å². The third-order valence-corrected chi connectivity index (χ3v) is 6.17. The summed E-state index contributed by atoms with van der Waals surface area (Å²) < 4.78 is 1.86. The van der Waals surface area contributed by atoms with E-state index in [-0.39, 0.29) is 5.75 Å². The number of phenolic OH excluding ortho intramolecular Hbond substituents is 1. The summed E-state index contributed by atoms with van der Waals surface area (Å²) in [6.07, 6.45) is 0.417. The van der Waals surface area contributed by atoms with Crippen LogP contribution in [-0.4, -0.2) is 26.5 Å². The maximum Gasteiger partial charge on any atom is 0.322 e. The van der Waals surface area contributed by atoms with Gasteiger partial charge in [-0.05, 0) is 77.0 Å². The summed E-state index contributed by atoms with van der Waals surface area (Å²) in [6.45, 7) is 0.463. The van der Waals surface area contributed by atoms with Gasteiger partial charge >= 0.3 is 5.97 Å². The number of hydrogen-bond acceptors (Lipinski definition) is 4. The highest BCUT2D eigenvalue weighted by Crippen LogP contribution is 2.35. The number of aliphatic carboxylic acids is 1. The predicted octanol–water partition coefficient (Wildman–Crippen LogP) is 5.23. The lowest BCUT2D eigenvalue weighted by Gasteiger charge is -2.33. The van der Waals surface area contributed by atoms with E-state index in [1.54, 1.807) is 12.1 Å². The second-order valence-electron chi connectivity index (χ2n) is 6.71. The second-order valence-corrected chi connectivity index (χ2v) is 8.27. The van der Waals surface area contributed by atoms with Gasteiger partial charge in [0, 0.05) is 16.5 Å². The van der Waals surface area contributed by atoms with Crippen molar-refractivity contribution in [3.8, 4) is 16.9 Å². The van der Waals surface area contributed by atoms with Gasteiger partial charge in [-0.25, -0.2) is 4.31 Å². The van der Waals surface area contributed by atoms with Crippen LogP contribution in [0.3, 0.4) is 0 Å². The molecular formula is C22H18ClNO3S. The van der Waals surface area contributed by atoms with Gasteiger partial charge in [0.2, 0.25) is 0 Å². The zero-order valence-corrected chi connectivity index (χ0v) is 16.5. The summed E-state index contributed by atoms with van der Waals surface area (Å²) in [5.74, 6) is -0.645. The molecule has 1 heterocycles. The topological polar surface area (TPSA) is 60.8 Å².